The van der Waals surface area contributed by atoms with Gasteiger partial charge in [0.25, 0.3) is 0 Å². The van der Waals surface area contributed by atoms with Crippen molar-refractivity contribution >= 4 is 39.8 Å². The van der Waals surface area contributed by atoms with Gasteiger partial charge < -0.3 is 20.1 Å². The Morgan fingerprint density at radius 1 is 1.16 bits per heavy atom. The number of nitrogens with one attached hydrogen (secondary N) is 2. The van der Waals surface area contributed by atoms with E-state index in [9.17, 15) is 8.42 Å². The lowest BCUT2D eigenvalue weighted by Crippen LogP contribution is -2.47. The standard InChI is InChI=1S/C16H27N3O4S.HI/c1-16(2,24(6,20)21)11-19-15(17-3)18-10-12-7-8-13(22-4)14(9-12)23-5;/h7-9H,10-11H2,1-6H3,(H2,17,18,19);1H. The monoisotopic (exact) mass is 485 g/mol. The number of hydrogen-bond donors (Lipinski definition) is 2. The minimum absolute atomic E-state index is 0. The number of nitrogens with zero attached hydrogens (tertiary/aromatic N) is 1. The third kappa shape index (κ3) is 6.89. The lowest BCUT2D eigenvalue weighted by molar-refractivity contribution is 0.354. The molecular weight excluding hydrogens is 457 g/mol. The molecule has 1 aromatic carbocycles. The molecule has 0 fully saturated rings. The number of aliphatic imine (C=N–C) groups is 1. The summed E-state index contributed by atoms with van der Waals surface area (Å²) in [6, 6.07) is 5.63. The van der Waals surface area contributed by atoms with Crippen molar-refractivity contribution in [2.45, 2.75) is 25.1 Å². The van der Waals surface area contributed by atoms with Gasteiger partial charge in [-0.25, -0.2) is 8.42 Å². The van der Waals surface area contributed by atoms with E-state index in [1.807, 2.05) is 18.2 Å². The maximum absolute atomic E-state index is 11.7. The highest BCUT2D eigenvalue weighted by atomic mass is 127. The summed E-state index contributed by atoms with van der Waals surface area (Å²) in [5.41, 5.74) is 0.984. The summed E-state index contributed by atoms with van der Waals surface area (Å²) >= 11 is 0. The molecule has 1 aromatic rings. The van der Waals surface area contributed by atoms with Crippen molar-refractivity contribution in [2.75, 3.05) is 34.1 Å². The molecule has 1 rings (SSSR count). The molecule has 25 heavy (non-hydrogen) atoms. The van der Waals surface area contributed by atoms with E-state index >= 15 is 0 Å². The van der Waals surface area contributed by atoms with Gasteiger partial charge in [0.15, 0.2) is 27.3 Å². The first-order valence-electron chi connectivity index (χ1n) is 7.49. The second-order valence-corrected chi connectivity index (χ2v) is 8.65. The van der Waals surface area contributed by atoms with Crippen molar-refractivity contribution in [2.24, 2.45) is 4.99 Å². The maximum atomic E-state index is 11.7. The van der Waals surface area contributed by atoms with E-state index in [1.54, 1.807) is 35.1 Å². The number of rotatable bonds is 7. The zero-order chi connectivity index (χ0) is 18.4. The fourth-order valence-electron chi connectivity index (χ4n) is 1.82. The van der Waals surface area contributed by atoms with E-state index in [4.69, 9.17) is 9.47 Å². The maximum Gasteiger partial charge on any atom is 0.191 e. The Hall–Kier alpha value is -1.23. The molecule has 0 heterocycles. The van der Waals surface area contributed by atoms with Gasteiger partial charge in [-0.3, -0.25) is 4.99 Å². The molecule has 7 nitrogen and oxygen atoms in total. The Balaban J connectivity index is 0.00000576. The van der Waals surface area contributed by atoms with Crippen LogP contribution in [0, 0.1) is 0 Å². The lowest BCUT2D eigenvalue weighted by Gasteiger charge is -2.24. The molecule has 0 saturated carbocycles. The predicted molar refractivity (Wildman–Crippen MR) is 112 cm³/mol. The molecule has 0 spiro atoms. The Morgan fingerprint density at radius 2 is 1.76 bits per heavy atom. The van der Waals surface area contributed by atoms with Crippen LogP contribution in [-0.2, 0) is 16.4 Å². The van der Waals surface area contributed by atoms with Gasteiger partial charge >= 0.3 is 0 Å². The van der Waals surface area contributed by atoms with E-state index < -0.39 is 14.6 Å². The van der Waals surface area contributed by atoms with Crippen molar-refractivity contribution in [1.82, 2.24) is 10.6 Å². The van der Waals surface area contributed by atoms with Crippen LogP contribution < -0.4 is 20.1 Å². The summed E-state index contributed by atoms with van der Waals surface area (Å²) in [7, 11) is 1.65. The van der Waals surface area contributed by atoms with Crippen LogP contribution in [0.3, 0.4) is 0 Å². The second kappa shape index (κ2) is 10.0. The van der Waals surface area contributed by atoms with Crippen LogP contribution in [0.25, 0.3) is 0 Å². The highest BCUT2D eigenvalue weighted by molar-refractivity contribution is 14.0. The Bertz CT molecular complexity index is 691. The fourth-order valence-corrected chi connectivity index (χ4v) is 2.16. The summed E-state index contributed by atoms with van der Waals surface area (Å²) < 4.78 is 33.1. The zero-order valence-electron chi connectivity index (χ0n) is 15.5. The first-order chi connectivity index (χ1) is 11.1. The van der Waals surface area contributed by atoms with Crippen LogP contribution >= 0.6 is 24.0 Å². The van der Waals surface area contributed by atoms with Gasteiger partial charge in [-0.1, -0.05) is 6.07 Å². The van der Waals surface area contributed by atoms with Crippen molar-refractivity contribution in [3.63, 3.8) is 0 Å². The summed E-state index contributed by atoms with van der Waals surface area (Å²) in [5, 5.41) is 6.19. The molecule has 0 radical (unpaired) electrons. The Morgan fingerprint density at radius 3 is 2.24 bits per heavy atom. The number of benzene rings is 1. The molecule has 2 N–H and O–H groups in total. The average molecular weight is 485 g/mol. The molecule has 0 aromatic heterocycles. The highest BCUT2D eigenvalue weighted by Gasteiger charge is 2.30. The molecule has 0 aliphatic heterocycles. The van der Waals surface area contributed by atoms with Crippen LogP contribution in [0.15, 0.2) is 23.2 Å². The quantitative estimate of drug-likeness (QED) is 0.348. The number of methoxy groups -OCH3 is 2. The van der Waals surface area contributed by atoms with Crippen molar-refractivity contribution in [3.05, 3.63) is 23.8 Å². The Kier molecular flexibility index (Phi) is 9.55. The lowest BCUT2D eigenvalue weighted by atomic mass is 10.2. The van der Waals surface area contributed by atoms with E-state index in [0.717, 1.165) is 5.56 Å². The van der Waals surface area contributed by atoms with Gasteiger partial charge in [0.1, 0.15) is 0 Å². The van der Waals surface area contributed by atoms with Crippen LogP contribution in [-0.4, -0.2) is 53.2 Å². The molecule has 9 heteroatoms. The minimum atomic E-state index is -3.17. The van der Waals surface area contributed by atoms with Crippen molar-refractivity contribution in [3.8, 4) is 11.5 Å². The first-order valence-corrected chi connectivity index (χ1v) is 9.38. The number of guanidine groups is 1. The van der Waals surface area contributed by atoms with E-state index in [0.29, 0.717) is 24.0 Å². The third-order valence-electron chi connectivity index (χ3n) is 3.82. The highest BCUT2D eigenvalue weighted by Crippen LogP contribution is 2.27. The van der Waals surface area contributed by atoms with E-state index in [1.165, 1.54) is 6.26 Å². The van der Waals surface area contributed by atoms with E-state index in [-0.39, 0.29) is 30.5 Å². The molecular formula is C16H28IN3O4S. The van der Waals surface area contributed by atoms with Crippen LogP contribution in [0.4, 0.5) is 0 Å². The van der Waals surface area contributed by atoms with Gasteiger partial charge in [-0.05, 0) is 31.5 Å². The molecule has 0 aliphatic rings. The predicted octanol–water partition coefficient (Wildman–Crippen LogP) is 1.81. The van der Waals surface area contributed by atoms with Gasteiger partial charge in [0.2, 0.25) is 0 Å². The molecule has 0 amide bonds. The van der Waals surface area contributed by atoms with Crippen LogP contribution in [0.2, 0.25) is 0 Å². The summed E-state index contributed by atoms with van der Waals surface area (Å²) in [6.45, 7) is 4.13. The van der Waals surface area contributed by atoms with Gasteiger partial charge in [0.05, 0.1) is 19.0 Å². The Labute approximate surface area is 167 Å². The molecule has 0 atom stereocenters. The number of hydrogen-bond acceptors (Lipinski definition) is 5. The normalized spacial score (nSPS) is 12.2. The first kappa shape index (κ1) is 23.8. The topological polar surface area (TPSA) is 89.0 Å². The molecule has 0 aliphatic carbocycles. The molecule has 0 saturated heterocycles. The molecule has 0 unspecified atom stereocenters. The largest absolute Gasteiger partial charge is 0.493 e. The van der Waals surface area contributed by atoms with Gasteiger partial charge in [-0.15, -0.1) is 24.0 Å². The second-order valence-electron chi connectivity index (χ2n) is 6.00. The smallest absolute Gasteiger partial charge is 0.191 e. The van der Waals surface area contributed by atoms with E-state index in [2.05, 4.69) is 15.6 Å². The van der Waals surface area contributed by atoms with Crippen molar-refractivity contribution in [1.29, 1.82) is 0 Å². The third-order valence-corrected chi connectivity index (χ3v) is 5.97. The number of ether oxygens (including phenoxy) is 2. The summed E-state index contributed by atoms with van der Waals surface area (Å²) in [6.07, 6.45) is 1.23. The number of halogens is 1. The SMILES string of the molecule is CN=C(NCc1ccc(OC)c(OC)c1)NCC(C)(C)S(C)(=O)=O.I. The van der Waals surface area contributed by atoms with Crippen LogP contribution in [0.1, 0.15) is 19.4 Å². The average Bonchev–Trinajstić information content (AvgIpc) is 2.53. The van der Waals surface area contributed by atoms with Gasteiger partial charge in [0, 0.05) is 26.4 Å². The molecule has 144 valence electrons. The summed E-state index contributed by atoms with van der Waals surface area (Å²) in [5.74, 6) is 1.85. The fraction of sp³-hybridized carbons (Fsp3) is 0.562. The van der Waals surface area contributed by atoms with Gasteiger partial charge in [-0.2, -0.15) is 0 Å². The molecule has 0 bridgehead atoms. The van der Waals surface area contributed by atoms with Crippen LogP contribution in [0.5, 0.6) is 11.5 Å². The van der Waals surface area contributed by atoms with Crippen molar-refractivity contribution < 1.29 is 17.9 Å². The minimum Gasteiger partial charge on any atom is -0.493 e. The number of sulfone groups is 1. The zero-order valence-corrected chi connectivity index (χ0v) is 18.7. The summed E-state index contributed by atoms with van der Waals surface area (Å²) in [4.78, 5) is 4.11.